The lowest BCUT2D eigenvalue weighted by atomic mass is 10.1. The minimum absolute atomic E-state index is 0.824. The third kappa shape index (κ3) is 1.93. The van der Waals surface area contributed by atoms with E-state index in [1.165, 1.54) is 10.4 Å². The van der Waals surface area contributed by atoms with E-state index in [-0.39, 0.29) is 0 Å². The second-order valence-electron chi connectivity index (χ2n) is 3.28. The molecule has 1 aromatic carbocycles. The molecule has 0 saturated heterocycles. The maximum atomic E-state index is 5.71. The van der Waals surface area contributed by atoms with E-state index in [9.17, 15) is 0 Å². The van der Waals surface area contributed by atoms with Crippen LogP contribution in [0.2, 0.25) is 0 Å². The van der Waals surface area contributed by atoms with Crippen LogP contribution in [0.25, 0.3) is 0 Å². The van der Waals surface area contributed by atoms with Gasteiger partial charge in [-0.2, -0.15) is 0 Å². The Labute approximate surface area is 87.4 Å². The average molecular weight is 204 g/mol. The van der Waals surface area contributed by atoms with Crippen LogP contribution in [0.3, 0.4) is 0 Å². The average Bonchev–Trinajstić information content (AvgIpc) is 2.52. The summed E-state index contributed by atoms with van der Waals surface area (Å²) >= 11 is 1.70. The minimum atomic E-state index is 0.824. The van der Waals surface area contributed by atoms with Gasteiger partial charge in [0, 0.05) is 17.0 Å². The molecule has 0 amide bonds. The van der Waals surface area contributed by atoms with Gasteiger partial charge in [0.25, 0.3) is 0 Å². The first-order valence-corrected chi connectivity index (χ1v) is 5.37. The molecule has 0 bridgehead atoms. The number of rotatable bonds is 2. The van der Waals surface area contributed by atoms with Crippen LogP contribution in [-0.2, 0) is 6.42 Å². The number of hydrogen-bond acceptors (Lipinski definition) is 3. The van der Waals surface area contributed by atoms with Crippen molar-refractivity contribution < 1.29 is 0 Å². The van der Waals surface area contributed by atoms with E-state index in [1.807, 2.05) is 30.6 Å². The van der Waals surface area contributed by atoms with Gasteiger partial charge < -0.3 is 5.73 Å². The summed E-state index contributed by atoms with van der Waals surface area (Å²) in [6, 6.07) is 8.00. The summed E-state index contributed by atoms with van der Waals surface area (Å²) in [4.78, 5) is 5.54. The van der Waals surface area contributed by atoms with E-state index in [4.69, 9.17) is 5.73 Å². The Balaban J connectivity index is 2.23. The first-order valence-electron chi connectivity index (χ1n) is 4.49. The monoisotopic (exact) mass is 204 g/mol. The maximum absolute atomic E-state index is 5.71. The second kappa shape index (κ2) is 3.80. The number of nitrogen functional groups attached to an aromatic ring is 1. The molecule has 0 saturated carbocycles. The van der Waals surface area contributed by atoms with Gasteiger partial charge in [-0.1, -0.05) is 12.1 Å². The van der Waals surface area contributed by atoms with E-state index < -0.39 is 0 Å². The normalized spacial score (nSPS) is 10.4. The van der Waals surface area contributed by atoms with Crippen LogP contribution in [0, 0.1) is 6.92 Å². The van der Waals surface area contributed by atoms with Gasteiger partial charge >= 0.3 is 0 Å². The Kier molecular flexibility index (Phi) is 2.50. The van der Waals surface area contributed by atoms with Gasteiger partial charge in [-0.3, -0.25) is 0 Å². The molecule has 0 aliphatic rings. The summed E-state index contributed by atoms with van der Waals surface area (Å²) in [5, 5.41) is 0. The molecule has 0 fully saturated rings. The Morgan fingerprint density at radius 2 is 2.29 bits per heavy atom. The number of nitrogens with two attached hydrogens (primary N) is 1. The van der Waals surface area contributed by atoms with Crippen molar-refractivity contribution in [3.8, 4) is 0 Å². The standard InChI is InChI=1S/C11H12N2S/c1-8-11(14-7-13-8)6-9-3-2-4-10(12)5-9/h2-5,7H,6,12H2,1H3. The van der Waals surface area contributed by atoms with Crippen LogP contribution < -0.4 is 5.73 Å². The van der Waals surface area contributed by atoms with E-state index in [1.54, 1.807) is 11.3 Å². The number of benzene rings is 1. The number of aryl methyl sites for hydroxylation is 1. The molecule has 0 atom stereocenters. The summed E-state index contributed by atoms with van der Waals surface area (Å²) in [6.45, 7) is 2.04. The van der Waals surface area contributed by atoms with Gasteiger partial charge in [-0.25, -0.2) is 4.98 Å². The third-order valence-electron chi connectivity index (χ3n) is 2.16. The second-order valence-corrected chi connectivity index (χ2v) is 4.22. The van der Waals surface area contributed by atoms with Crippen molar-refractivity contribution in [1.29, 1.82) is 0 Å². The molecular weight excluding hydrogens is 192 g/mol. The molecule has 72 valence electrons. The van der Waals surface area contributed by atoms with Crippen molar-refractivity contribution >= 4 is 17.0 Å². The van der Waals surface area contributed by atoms with Crippen LogP contribution in [0.1, 0.15) is 16.1 Å². The van der Waals surface area contributed by atoms with Crippen LogP contribution in [0.5, 0.6) is 0 Å². The van der Waals surface area contributed by atoms with Crippen molar-refractivity contribution in [1.82, 2.24) is 4.98 Å². The highest BCUT2D eigenvalue weighted by atomic mass is 32.1. The lowest BCUT2D eigenvalue weighted by Gasteiger charge is -2.00. The maximum Gasteiger partial charge on any atom is 0.0797 e. The van der Waals surface area contributed by atoms with E-state index in [0.29, 0.717) is 0 Å². The summed E-state index contributed by atoms with van der Waals surface area (Å²) in [7, 11) is 0. The number of aromatic nitrogens is 1. The van der Waals surface area contributed by atoms with Gasteiger partial charge in [0.2, 0.25) is 0 Å². The zero-order valence-corrected chi connectivity index (χ0v) is 8.84. The van der Waals surface area contributed by atoms with E-state index >= 15 is 0 Å². The molecule has 0 aliphatic heterocycles. The van der Waals surface area contributed by atoms with Crippen molar-refractivity contribution in [3.05, 3.63) is 45.9 Å². The molecular formula is C11H12N2S. The molecule has 2 N–H and O–H groups in total. The minimum Gasteiger partial charge on any atom is -0.399 e. The van der Waals surface area contributed by atoms with Crippen LogP contribution in [0.15, 0.2) is 29.8 Å². The Bertz CT molecular complexity index is 434. The van der Waals surface area contributed by atoms with Gasteiger partial charge in [-0.15, -0.1) is 11.3 Å². The number of nitrogens with zero attached hydrogens (tertiary/aromatic N) is 1. The highest BCUT2D eigenvalue weighted by Crippen LogP contribution is 2.18. The lowest BCUT2D eigenvalue weighted by Crippen LogP contribution is -1.90. The molecule has 1 heterocycles. The third-order valence-corrected chi connectivity index (χ3v) is 3.10. The molecule has 2 aromatic rings. The summed E-state index contributed by atoms with van der Waals surface area (Å²) in [5.41, 5.74) is 10.8. The molecule has 0 aliphatic carbocycles. The fourth-order valence-electron chi connectivity index (χ4n) is 1.38. The van der Waals surface area contributed by atoms with Gasteiger partial charge in [-0.05, 0) is 24.6 Å². The predicted molar refractivity (Wildman–Crippen MR) is 60.5 cm³/mol. The lowest BCUT2D eigenvalue weighted by molar-refractivity contribution is 1.15. The van der Waals surface area contributed by atoms with Crippen molar-refractivity contribution in [2.24, 2.45) is 0 Å². The SMILES string of the molecule is Cc1ncsc1Cc1cccc(N)c1. The summed E-state index contributed by atoms with van der Waals surface area (Å²) in [6.07, 6.45) is 0.932. The van der Waals surface area contributed by atoms with Crippen molar-refractivity contribution in [2.75, 3.05) is 5.73 Å². The first-order chi connectivity index (χ1) is 6.75. The van der Waals surface area contributed by atoms with Gasteiger partial charge in [0.1, 0.15) is 0 Å². The molecule has 1 aromatic heterocycles. The largest absolute Gasteiger partial charge is 0.399 e. The van der Waals surface area contributed by atoms with E-state index in [2.05, 4.69) is 11.1 Å². The zero-order valence-electron chi connectivity index (χ0n) is 8.03. The van der Waals surface area contributed by atoms with Gasteiger partial charge in [0.15, 0.2) is 0 Å². The Hall–Kier alpha value is -1.35. The highest BCUT2D eigenvalue weighted by Gasteiger charge is 2.02. The first kappa shape index (κ1) is 9.21. The fourth-order valence-corrected chi connectivity index (χ4v) is 2.20. The molecule has 0 radical (unpaired) electrons. The summed E-state index contributed by atoms with van der Waals surface area (Å²) < 4.78 is 0. The fraction of sp³-hybridized carbons (Fsp3) is 0.182. The number of anilines is 1. The zero-order chi connectivity index (χ0) is 9.97. The molecule has 2 rings (SSSR count). The molecule has 2 nitrogen and oxygen atoms in total. The number of thiazole rings is 1. The van der Waals surface area contributed by atoms with Crippen LogP contribution in [-0.4, -0.2) is 4.98 Å². The molecule has 3 heteroatoms. The number of hydrogen-bond donors (Lipinski definition) is 1. The smallest absolute Gasteiger partial charge is 0.0797 e. The van der Waals surface area contributed by atoms with Crippen LogP contribution >= 0.6 is 11.3 Å². The Morgan fingerprint density at radius 3 is 2.93 bits per heavy atom. The Morgan fingerprint density at radius 1 is 1.43 bits per heavy atom. The molecule has 14 heavy (non-hydrogen) atoms. The van der Waals surface area contributed by atoms with E-state index in [0.717, 1.165) is 17.8 Å². The topological polar surface area (TPSA) is 38.9 Å². The summed E-state index contributed by atoms with van der Waals surface area (Å²) in [5.74, 6) is 0. The van der Waals surface area contributed by atoms with Crippen molar-refractivity contribution in [2.45, 2.75) is 13.3 Å². The predicted octanol–water partition coefficient (Wildman–Crippen LogP) is 2.62. The van der Waals surface area contributed by atoms with Gasteiger partial charge in [0.05, 0.1) is 11.2 Å². The quantitative estimate of drug-likeness (QED) is 0.764. The molecule has 0 spiro atoms. The van der Waals surface area contributed by atoms with Crippen molar-refractivity contribution in [3.63, 3.8) is 0 Å². The molecule has 0 unspecified atom stereocenters. The highest BCUT2D eigenvalue weighted by molar-refractivity contribution is 7.09. The van der Waals surface area contributed by atoms with Crippen LogP contribution in [0.4, 0.5) is 5.69 Å².